The first-order chi connectivity index (χ1) is 14.9. The predicted molar refractivity (Wildman–Crippen MR) is 111 cm³/mol. The van der Waals surface area contributed by atoms with Crippen LogP contribution in [0.1, 0.15) is 37.7 Å². The van der Waals surface area contributed by atoms with E-state index in [9.17, 15) is 18.0 Å². The van der Waals surface area contributed by atoms with Crippen molar-refractivity contribution in [3.05, 3.63) is 41.2 Å². The zero-order valence-corrected chi connectivity index (χ0v) is 17.1. The number of rotatable bonds is 5. The molecule has 1 unspecified atom stereocenters. The zero-order chi connectivity index (χ0) is 22.1. The Labute approximate surface area is 179 Å². The van der Waals surface area contributed by atoms with E-state index in [1.54, 1.807) is 16.8 Å². The number of alkyl halides is 2. The molecule has 1 aliphatic carbocycles. The molecule has 162 valence electrons. The van der Waals surface area contributed by atoms with Gasteiger partial charge in [-0.3, -0.25) is 14.9 Å². The van der Waals surface area contributed by atoms with Crippen LogP contribution >= 0.6 is 11.6 Å². The number of fused-ring (bicyclic) bond motifs is 2. The number of carbonyl (C=O) groups is 1. The molecule has 0 spiro atoms. The first-order valence-corrected chi connectivity index (χ1v) is 9.97. The number of carbonyl (C=O) groups excluding carboxylic acids is 1. The van der Waals surface area contributed by atoms with Crippen LogP contribution < -0.4 is 5.32 Å². The van der Waals surface area contributed by atoms with Gasteiger partial charge >= 0.3 is 0 Å². The van der Waals surface area contributed by atoms with Crippen LogP contribution in [0.2, 0.25) is 5.02 Å². The maximum Gasteiger partial charge on any atom is 0.245 e. The van der Waals surface area contributed by atoms with Crippen molar-refractivity contribution >= 4 is 40.4 Å². The van der Waals surface area contributed by atoms with Crippen LogP contribution in [0, 0.1) is 5.82 Å². The summed E-state index contributed by atoms with van der Waals surface area (Å²) < 4.78 is 43.0. The van der Waals surface area contributed by atoms with Gasteiger partial charge in [-0.15, -0.1) is 0 Å². The minimum absolute atomic E-state index is 0.139. The van der Waals surface area contributed by atoms with E-state index in [0.717, 1.165) is 0 Å². The molecule has 4 aromatic rings. The summed E-state index contributed by atoms with van der Waals surface area (Å²) in [6, 6.07) is 0. The van der Waals surface area contributed by atoms with Crippen LogP contribution in [-0.2, 0) is 4.79 Å². The Morgan fingerprint density at radius 3 is 2.65 bits per heavy atom. The van der Waals surface area contributed by atoms with E-state index in [-0.39, 0.29) is 27.4 Å². The van der Waals surface area contributed by atoms with Gasteiger partial charge in [0.25, 0.3) is 0 Å². The van der Waals surface area contributed by atoms with Crippen LogP contribution in [0.3, 0.4) is 0 Å². The molecule has 1 amide bonds. The number of aromatic nitrogens is 5. The summed E-state index contributed by atoms with van der Waals surface area (Å²) in [4.78, 5) is 19.0. The highest BCUT2D eigenvalue weighted by atomic mass is 35.5. The van der Waals surface area contributed by atoms with E-state index in [1.165, 1.54) is 38.6 Å². The fourth-order valence-electron chi connectivity index (χ4n) is 3.10. The highest BCUT2D eigenvalue weighted by Crippen LogP contribution is 2.41. The maximum absolute atomic E-state index is 15.0. The highest BCUT2D eigenvalue weighted by Gasteiger charge is 2.29. The summed E-state index contributed by atoms with van der Waals surface area (Å²) in [6.07, 6.45) is 8.10. The number of halogens is 4. The van der Waals surface area contributed by atoms with Crippen LogP contribution in [0.15, 0.2) is 24.8 Å². The summed E-state index contributed by atoms with van der Waals surface area (Å²) in [5, 5.41) is 8.92. The number of aromatic amines is 1. The third-order valence-corrected chi connectivity index (χ3v) is 5.17. The second-order valence-corrected chi connectivity index (χ2v) is 7.56. The van der Waals surface area contributed by atoms with Gasteiger partial charge in [-0.1, -0.05) is 37.8 Å². The van der Waals surface area contributed by atoms with Crippen molar-refractivity contribution in [1.82, 2.24) is 24.6 Å². The van der Waals surface area contributed by atoms with E-state index in [0.29, 0.717) is 23.3 Å². The molecule has 1 fully saturated rings. The van der Waals surface area contributed by atoms with E-state index in [1.807, 2.05) is 0 Å². The Hall–Kier alpha value is -3.14. The fourth-order valence-corrected chi connectivity index (χ4v) is 3.40. The van der Waals surface area contributed by atoms with Gasteiger partial charge in [-0.25, -0.2) is 18.2 Å². The maximum atomic E-state index is 15.0. The van der Waals surface area contributed by atoms with Crippen molar-refractivity contribution in [3.63, 3.8) is 0 Å². The monoisotopic (exact) mass is 450 g/mol. The fraction of sp³-hybridized carbons (Fsp3) is 0.300. The number of hydrogen-bond acceptors (Lipinski definition) is 4. The molecular formula is C20H18ClF3N6O. The van der Waals surface area contributed by atoms with Gasteiger partial charge in [0.15, 0.2) is 11.5 Å². The second kappa shape index (κ2) is 8.54. The molecule has 11 heteroatoms. The molecule has 1 saturated carbocycles. The third kappa shape index (κ3) is 4.07. The number of nitrogens with zero attached hydrogens (tertiary/aromatic N) is 4. The predicted octanol–water partition coefficient (Wildman–Crippen LogP) is 5.17. The number of hydrogen-bond donors (Lipinski definition) is 2. The molecule has 1 aromatic carbocycles. The summed E-state index contributed by atoms with van der Waals surface area (Å²) in [5.74, 6) is -2.02. The average molecular weight is 451 g/mol. The summed E-state index contributed by atoms with van der Waals surface area (Å²) in [7, 11) is 0. The number of anilines is 1. The Morgan fingerprint density at radius 1 is 1.26 bits per heavy atom. The normalized spacial score (nSPS) is 13.9. The SMILES string of the molecule is C1CC1.CC(c1c(F)c(Cl)c(-c2cn3cc(NC=O)nc3cn2)c2cn[nH]c12)C(F)F. The highest BCUT2D eigenvalue weighted by molar-refractivity contribution is 6.35. The van der Waals surface area contributed by atoms with Crippen LogP contribution in [0.4, 0.5) is 19.0 Å². The molecule has 1 aliphatic rings. The lowest BCUT2D eigenvalue weighted by Gasteiger charge is -2.16. The molecule has 0 aliphatic heterocycles. The van der Waals surface area contributed by atoms with Crippen LogP contribution in [-0.4, -0.2) is 37.4 Å². The molecule has 31 heavy (non-hydrogen) atoms. The Balaban J connectivity index is 0.000000710. The van der Waals surface area contributed by atoms with E-state index in [2.05, 4.69) is 25.5 Å². The van der Waals surface area contributed by atoms with Gasteiger partial charge < -0.3 is 9.72 Å². The molecule has 0 saturated heterocycles. The van der Waals surface area contributed by atoms with Crippen molar-refractivity contribution < 1.29 is 18.0 Å². The average Bonchev–Trinajstić information content (AvgIpc) is 3.46. The summed E-state index contributed by atoms with van der Waals surface area (Å²) >= 11 is 6.24. The van der Waals surface area contributed by atoms with Crippen molar-refractivity contribution in [2.45, 2.75) is 38.5 Å². The lowest BCUT2D eigenvalue weighted by Crippen LogP contribution is -2.09. The molecule has 1 atom stereocenters. The van der Waals surface area contributed by atoms with Gasteiger partial charge in [0.1, 0.15) is 5.82 Å². The van der Waals surface area contributed by atoms with E-state index < -0.39 is 18.2 Å². The molecule has 0 radical (unpaired) electrons. The summed E-state index contributed by atoms with van der Waals surface area (Å²) in [6.45, 7) is 1.22. The van der Waals surface area contributed by atoms with Crippen molar-refractivity contribution in [2.75, 3.05) is 5.32 Å². The molecule has 7 nitrogen and oxygen atoms in total. The number of amides is 1. The van der Waals surface area contributed by atoms with E-state index >= 15 is 0 Å². The molecule has 2 N–H and O–H groups in total. The Kier molecular flexibility index (Phi) is 5.81. The molecule has 5 rings (SSSR count). The minimum atomic E-state index is -2.77. The Bertz CT molecular complexity index is 1250. The first-order valence-electron chi connectivity index (χ1n) is 9.59. The molecule has 3 aromatic heterocycles. The van der Waals surface area contributed by atoms with Crippen molar-refractivity contribution in [1.29, 1.82) is 0 Å². The Morgan fingerprint density at radius 2 is 2.00 bits per heavy atom. The quantitative estimate of drug-likeness (QED) is 0.410. The lowest BCUT2D eigenvalue weighted by molar-refractivity contribution is -0.105. The minimum Gasteiger partial charge on any atom is -0.312 e. The van der Waals surface area contributed by atoms with Crippen LogP contribution in [0.25, 0.3) is 27.8 Å². The molecular weight excluding hydrogens is 433 g/mol. The van der Waals surface area contributed by atoms with Crippen molar-refractivity contribution in [3.8, 4) is 11.3 Å². The molecule has 0 bridgehead atoms. The lowest BCUT2D eigenvalue weighted by atomic mass is 9.95. The molecule has 3 heterocycles. The number of imidazole rings is 1. The number of nitrogens with one attached hydrogen (secondary N) is 2. The van der Waals surface area contributed by atoms with Gasteiger partial charge in [-0.05, 0) is 0 Å². The topological polar surface area (TPSA) is 88.0 Å². The van der Waals surface area contributed by atoms with Gasteiger partial charge in [0.2, 0.25) is 12.8 Å². The summed E-state index contributed by atoms with van der Waals surface area (Å²) in [5.41, 5.74) is 0.858. The standard InChI is InChI=1S/C17H12ClF3N6O.C3H6/c1-7(17(20)21)12-15(19)14(18)13(8-2-24-26-16(8)12)9-4-27-5-10(23-6-28)25-11(27)3-22-9;1-2-3-1/h2-7,17H,1H3,(H,23,28)(H,24,26);1-3H2. The van der Waals surface area contributed by atoms with Crippen LogP contribution in [0.5, 0.6) is 0 Å². The smallest absolute Gasteiger partial charge is 0.245 e. The zero-order valence-electron chi connectivity index (χ0n) is 16.4. The van der Waals surface area contributed by atoms with E-state index in [4.69, 9.17) is 11.6 Å². The van der Waals surface area contributed by atoms with Gasteiger partial charge in [-0.2, -0.15) is 5.10 Å². The third-order valence-electron chi connectivity index (χ3n) is 4.82. The second-order valence-electron chi connectivity index (χ2n) is 7.19. The number of H-pyrrole nitrogens is 1. The van der Waals surface area contributed by atoms with Crippen molar-refractivity contribution in [2.24, 2.45) is 0 Å². The number of benzene rings is 1. The first kappa shape index (κ1) is 21.1. The largest absolute Gasteiger partial charge is 0.312 e. The van der Waals surface area contributed by atoms with Gasteiger partial charge in [0.05, 0.1) is 34.8 Å². The van der Waals surface area contributed by atoms with Gasteiger partial charge in [0, 0.05) is 28.6 Å².